The maximum atomic E-state index is 7.02. The minimum Gasteiger partial charge on any atom is -0.455 e. The normalized spacial score (nSPS) is 12.7. The maximum absolute atomic E-state index is 7.02. The molecule has 10 rings (SSSR count). The number of hydrogen-bond acceptors (Lipinski definition) is 2. The molecular formula is C46H33NO2. The lowest BCUT2D eigenvalue weighted by Crippen LogP contribution is -1.93. The summed E-state index contributed by atoms with van der Waals surface area (Å²) in [5.74, 6) is 0.442. The van der Waals surface area contributed by atoms with E-state index < -0.39 is 0 Å². The highest BCUT2D eigenvalue weighted by Crippen LogP contribution is 2.51. The SMILES string of the molecule is CCC(C)c1ccc2oc3c(-c4ccccc4)c4c(oc5ccc(-n6c7ccccc7c7ccccc76)cc54)c(-c4ccccc4)c3c2c1. The number of fused-ring (bicyclic) bond motifs is 9. The van der Waals surface area contributed by atoms with E-state index in [0.717, 1.165) is 78.2 Å². The lowest BCUT2D eigenvalue weighted by molar-refractivity contribution is 0.665. The Balaban J connectivity index is 1.39. The van der Waals surface area contributed by atoms with Crippen LogP contribution in [0.1, 0.15) is 31.7 Å². The molecule has 0 saturated heterocycles. The minimum absolute atomic E-state index is 0.442. The minimum atomic E-state index is 0.442. The fourth-order valence-corrected chi connectivity index (χ4v) is 7.92. The first-order valence-corrected chi connectivity index (χ1v) is 17.2. The molecule has 1 atom stereocenters. The Bertz CT molecular complexity index is 2820. The third kappa shape index (κ3) is 4.09. The van der Waals surface area contributed by atoms with Gasteiger partial charge in [0.2, 0.25) is 0 Å². The summed E-state index contributed by atoms with van der Waals surface area (Å²) in [7, 11) is 0. The molecule has 3 nitrogen and oxygen atoms in total. The summed E-state index contributed by atoms with van der Waals surface area (Å²) in [6.45, 7) is 4.54. The summed E-state index contributed by atoms with van der Waals surface area (Å²) < 4.78 is 16.4. The van der Waals surface area contributed by atoms with Crippen molar-refractivity contribution < 1.29 is 8.83 Å². The van der Waals surface area contributed by atoms with Crippen molar-refractivity contribution in [2.75, 3.05) is 0 Å². The Morgan fingerprint density at radius 1 is 0.510 bits per heavy atom. The van der Waals surface area contributed by atoms with E-state index >= 15 is 0 Å². The zero-order chi connectivity index (χ0) is 32.6. The Morgan fingerprint density at radius 3 is 1.55 bits per heavy atom. The fraction of sp³-hybridized carbons (Fsp3) is 0.0870. The molecular weight excluding hydrogens is 599 g/mol. The summed E-state index contributed by atoms with van der Waals surface area (Å²) in [6, 6.07) is 52.0. The van der Waals surface area contributed by atoms with Crippen molar-refractivity contribution in [3.63, 3.8) is 0 Å². The van der Waals surface area contributed by atoms with E-state index in [-0.39, 0.29) is 0 Å². The average Bonchev–Trinajstić information content (AvgIpc) is 3.83. The van der Waals surface area contributed by atoms with Crippen LogP contribution in [0.4, 0.5) is 0 Å². The fourth-order valence-electron chi connectivity index (χ4n) is 7.92. The van der Waals surface area contributed by atoms with Crippen molar-refractivity contribution in [3.8, 4) is 27.9 Å². The Kier molecular flexibility index (Phi) is 6.13. The molecule has 7 aromatic carbocycles. The predicted molar refractivity (Wildman–Crippen MR) is 205 cm³/mol. The van der Waals surface area contributed by atoms with Crippen molar-refractivity contribution in [1.29, 1.82) is 0 Å². The van der Waals surface area contributed by atoms with Crippen LogP contribution in [0.15, 0.2) is 154 Å². The van der Waals surface area contributed by atoms with Gasteiger partial charge in [0.05, 0.1) is 11.0 Å². The van der Waals surface area contributed by atoms with Gasteiger partial charge in [-0.15, -0.1) is 0 Å². The standard InChI is InChI=1S/C46H33NO2/c1-3-28(2)31-22-24-39-35(26-31)43-41(29-14-6-4-7-15-29)46-44(42(45(43)48-39)30-16-8-5-9-17-30)36-27-32(23-25-40(36)49-46)47-37-20-12-10-18-33(37)34-19-11-13-21-38(34)47/h4-28H,3H2,1-2H3. The first-order valence-electron chi connectivity index (χ1n) is 17.2. The maximum Gasteiger partial charge on any atom is 0.144 e. The van der Waals surface area contributed by atoms with Gasteiger partial charge in [0.25, 0.3) is 0 Å². The summed E-state index contributed by atoms with van der Waals surface area (Å²) in [5.41, 5.74) is 12.6. The van der Waals surface area contributed by atoms with Crippen LogP contribution in [0.5, 0.6) is 0 Å². The van der Waals surface area contributed by atoms with E-state index in [1.54, 1.807) is 0 Å². The summed E-state index contributed by atoms with van der Waals surface area (Å²) in [4.78, 5) is 0. The zero-order valence-corrected chi connectivity index (χ0v) is 27.4. The largest absolute Gasteiger partial charge is 0.455 e. The van der Waals surface area contributed by atoms with Gasteiger partial charge in [0.1, 0.15) is 22.3 Å². The van der Waals surface area contributed by atoms with Crippen LogP contribution in [0.3, 0.4) is 0 Å². The molecule has 0 bridgehead atoms. The number of rotatable bonds is 5. The molecule has 3 aromatic heterocycles. The molecule has 0 fully saturated rings. The van der Waals surface area contributed by atoms with Crippen LogP contribution in [0.25, 0.3) is 93.6 Å². The number of nitrogens with zero attached hydrogens (tertiary/aromatic N) is 1. The molecule has 0 saturated carbocycles. The number of furan rings is 2. The van der Waals surface area contributed by atoms with E-state index in [1.165, 1.54) is 27.4 Å². The second kappa shape index (κ2) is 10.7. The Hall–Kier alpha value is -6.06. The zero-order valence-electron chi connectivity index (χ0n) is 27.4. The van der Waals surface area contributed by atoms with Crippen molar-refractivity contribution in [2.45, 2.75) is 26.2 Å². The van der Waals surface area contributed by atoms with Crippen LogP contribution in [0.2, 0.25) is 0 Å². The van der Waals surface area contributed by atoms with E-state index in [1.807, 2.05) is 0 Å². The van der Waals surface area contributed by atoms with Gasteiger partial charge in [0, 0.05) is 49.1 Å². The predicted octanol–water partition coefficient (Wildman–Crippen LogP) is 13.4. The van der Waals surface area contributed by atoms with Crippen LogP contribution in [-0.4, -0.2) is 4.57 Å². The molecule has 0 amide bonds. The first-order chi connectivity index (χ1) is 24.2. The lowest BCUT2D eigenvalue weighted by Gasteiger charge is -2.12. The molecule has 1 unspecified atom stereocenters. The van der Waals surface area contributed by atoms with Gasteiger partial charge in [-0.25, -0.2) is 0 Å². The molecule has 0 aliphatic heterocycles. The van der Waals surface area contributed by atoms with Crippen LogP contribution < -0.4 is 0 Å². The van der Waals surface area contributed by atoms with Gasteiger partial charge < -0.3 is 13.4 Å². The van der Waals surface area contributed by atoms with E-state index in [9.17, 15) is 0 Å². The van der Waals surface area contributed by atoms with Crippen molar-refractivity contribution in [1.82, 2.24) is 4.57 Å². The first kappa shape index (κ1) is 28.0. The molecule has 49 heavy (non-hydrogen) atoms. The molecule has 234 valence electrons. The van der Waals surface area contributed by atoms with Crippen molar-refractivity contribution in [3.05, 3.63) is 151 Å². The van der Waals surface area contributed by atoms with Gasteiger partial charge >= 0.3 is 0 Å². The molecule has 0 aliphatic rings. The smallest absolute Gasteiger partial charge is 0.144 e. The van der Waals surface area contributed by atoms with Gasteiger partial charge in [-0.3, -0.25) is 0 Å². The van der Waals surface area contributed by atoms with E-state index in [0.29, 0.717) is 5.92 Å². The van der Waals surface area contributed by atoms with E-state index in [2.05, 4.69) is 164 Å². The number of benzene rings is 7. The van der Waals surface area contributed by atoms with Crippen molar-refractivity contribution in [2.24, 2.45) is 0 Å². The van der Waals surface area contributed by atoms with Gasteiger partial charge in [-0.1, -0.05) is 117 Å². The van der Waals surface area contributed by atoms with Gasteiger partial charge in [-0.2, -0.15) is 0 Å². The highest BCUT2D eigenvalue weighted by atomic mass is 16.3. The van der Waals surface area contributed by atoms with Gasteiger partial charge in [-0.05, 0) is 71.5 Å². The highest BCUT2D eigenvalue weighted by Gasteiger charge is 2.27. The monoisotopic (exact) mass is 631 g/mol. The average molecular weight is 632 g/mol. The third-order valence-electron chi connectivity index (χ3n) is 10.5. The quantitative estimate of drug-likeness (QED) is 0.189. The second-order valence-corrected chi connectivity index (χ2v) is 13.2. The number of hydrogen-bond donors (Lipinski definition) is 0. The molecule has 3 heterocycles. The number of para-hydroxylation sites is 2. The molecule has 0 aliphatic carbocycles. The number of aromatic nitrogens is 1. The molecule has 0 spiro atoms. The molecule has 0 radical (unpaired) electrons. The lowest BCUT2D eigenvalue weighted by atomic mass is 9.89. The summed E-state index contributed by atoms with van der Waals surface area (Å²) >= 11 is 0. The van der Waals surface area contributed by atoms with Crippen molar-refractivity contribution >= 4 is 65.7 Å². The molecule has 3 heteroatoms. The van der Waals surface area contributed by atoms with Crippen LogP contribution >= 0.6 is 0 Å². The third-order valence-corrected chi connectivity index (χ3v) is 10.5. The Morgan fingerprint density at radius 2 is 1.00 bits per heavy atom. The topological polar surface area (TPSA) is 31.2 Å². The van der Waals surface area contributed by atoms with Gasteiger partial charge in [0.15, 0.2) is 0 Å². The molecule has 0 N–H and O–H groups in total. The highest BCUT2D eigenvalue weighted by molar-refractivity contribution is 6.30. The van der Waals surface area contributed by atoms with Crippen LogP contribution in [-0.2, 0) is 0 Å². The van der Waals surface area contributed by atoms with Crippen LogP contribution in [0, 0.1) is 0 Å². The second-order valence-electron chi connectivity index (χ2n) is 13.2. The Labute approximate surface area is 283 Å². The van der Waals surface area contributed by atoms with E-state index in [4.69, 9.17) is 8.83 Å². The summed E-state index contributed by atoms with van der Waals surface area (Å²) in [5, 5.41) is 6.83. The molecule has 10 aromatic rings. The summed E-state index contributed by atoms with van der Waals surface area (Å²) in [6.07, 6.45) is 1.07.